The highest BCUT2D eigenvalue weighted by Crippen LogP contribution is 2.34. The Bertz CT molecular complexity index is 512. The van der Waals surface area contributed by atoms with Crippen molar-refractivity contribution < 1.29 is 18.9 Å². The standard InChI is InChI=1S/C14H20N2O4S/c1-20-11-2-4-12(5-3-11)21(19)14(10-13(17)16-18)6-8-15-9-7-14/h2-5,15,18H,6-10H2,1H3,(H,16,17). The van der Waals surface area contributed by atoms with E-state index in [9.17, 15) is 9.00 Å². The van der Waals surface area contributed by atoms with Crippen molar-refractivity contribution in [1.29, 1.82) is 0 Å². The van der Waals surface area contributed by atoms with E-state index in [1.807, 2.05) is 0 Å². The molecule has 1 fully saturated rings. The van der Waals surface area contributed by atoms with Crippen molar-refractivity contribution in [2.75, 3.05) is 20.2 Å². The van der Waals surface area contributed by atoms with Crippen LogP contribution in [0.2, 0.25) is 0 Å². The molecule has 1 aliphatic heterocycles. The van der Waals surface area contributed by atoms with Gasteiger partial charge < -0.3 is 10.1 Å². The van der Waals surface area contributed by atoms with Gasteiger partial charge in [-0.15, -0.1) is 0 Å². The molecule has 0 spiro atoms. The fourth-order valence-electron chi connectivity index (χ4n) is 2.59. The molecule has 116 valence electrons. The van der Waals surface area contributed by atoms with Crippen LogP contribution in [-0.4, -0.2) is 40.3 Å². The zero-order chi connectivity index (χ0) is 15.3. The number of rotatable bonds is 5. The molecule has 0 radical (unpaired) electrons. The molecule has 21 heavy (non-hydrogen) atoms. The Balaban J connectivity index is 2.26. The zero-order valence-corrected chi connectivity index (χ0v) is 12.7. The maximum atomic E-state index is 13.0. The molecule has 1 aromatic carbocycles. The van der Waals surface area contributed by atoms with E-state index in [0.29, 0.717) is 36.6 Å². The van der Waals surface area contributed by atoms with Crippen molar-refractivity contribution in [3.05, 3.63) is 24.3 Å². The van der Waals surface area contributed by atoms with E-state index in [1.54, 1.807) is 36.9 Å². The molecule has 0 aliphatic carbocycles. The van der Waals surface area contributed by atoms with Crippen LogP contribution < -0.4 is 15.5 Å². The summed E-state index contributed by atoms with van der Waals surface area (Å²) in [5.74, 6) is 0.196. The highest BCUT2D eigenvalue weighted by Gasteiger charge is 2.40. The molecule has 1 aromatic rings. The Labute approximate surface area is 126 Å². The molecular weight excluding hydrogens is 292 g/mol. The second-order valence-corrected chi connectivity index (χ2v) is 6.96. The molecule has 2 rings (SSSR count). The van der Waals surface area contributed by atoms with Gasteiger partial charge in [0.25, 0.3) is 0 Å². The lowest BCUT2D eigenvalue weighted by Crippen LogP contribution is -2.47. The average molecular weight is 312 g/mol. The van der Waals surface area contributed by atoms with E-state index in [-0.39, 0.29) is 6.42 Å². The van der Waals surface area contributed by atoms with Crippen LogP contribution in [0.4, 0.5) is 0 Å². The monoisotopic (exact) mass is 312 g/mol. The van der Waals surface area contributed by atoms with E-state index in [4.69, 9.17) is 9.94 Å². The van der Waals surface area contributed by atoms with Crippen LogP contribution in [-0.2, 0) is 15.6 Å². The molecule has 1 heterocycles. The molecular formula is C14H20N2O4S. The average Bonchev–Trinajstić information content (AvgIpc) is 2.55. The smallest absolute Gasteiger partial charge is 0.244 e. The maximum Gasteiger partial charge on any atom is 0.244 e. The Morgan fingerprint density at radius 3 is 2.52 bits per heavy atom. The molecule has 1 atom stereocenters. The van der Waals surface area contributed by atoms with Gasteiger partial charge in [0.15, 0.2) is 0 Å². The van der Waals surface area contributed by atoms with Gasteiger partial charge in [-0.2, -0.15) is 0 Å². The molecule has 0 bridgehead atoms. The number of hydrogen-bond donors (Lipinski definition) is 3. The number of hydroxylamine groups is 1. The first-order chi connectivity index (χ1) is 10.1. The predicted molar refractivity (Wildman–Crippen MR) is 78.8 cm³/mol. The number of carbonyl (C=O) groups excluding carboxylic acids is 1. The van der Waals surface area contributed by atoms with E-state index in [1.165, 1.54) is 0 Å². The molecule has 1 unspecified atom stereocenters. The minimum Gasteiger partial charge on any atom is -0.497 e. The minimum atomic E-state index is -1.33. The molecule has 1 aliphatic rings. The normalized spacial score (nSPS) is 18.8. The maximum absolute atomic E-state index is 13.0. The molecule has 7 heteroatoms. The number of ether oxygens (including phenoxy) is 1. The van der Waals surface area contributed by atoms with Crippen molar-refractivity contribution >= 4 is 16.7 Å². The van der Waals surface area contributed by atoms with Gasteiger partial charge in [-0.25, -0.2) is 5.48 Å². The number of benzene rings is 1. The van der Waals surface area contributed by atoms with Crippen LogP contribution in [0.15, 0.2) is 29.2 Å². The molecule has 3 N–H and O–H groups in total. The third kappa shape index (κ3) is 3.61. The van der Waals surface area contributed by atoms with Crippen molar-refractivity contribution in [1.82, 2.24) is 10.8 Å². The first kappa shape index (κ1) is 15.9. The first-order valence-electron chi connectivity index (χ1n) is 6.81. The topological polar surface area (TPSA) is 87.7 Å². The largest absolute Gasteiger partial charge is 0.497 e. The lowest BCUT2D eigenvalue weighted by atomic mass is 9.93. The van der Waals surface area contributed by atoms with Crippen LogP contribution in [0.3, 0.4) is 0 Å². The number of hydrogen-bond acceptors (Lipinski definition) is 5. The fraction of sp³-hybridized carbons (Fsp3) is 0.500. The van der Waals surface area contributed by atoms with Crippen LogP contribution >= 0.6 is 0 Å². The van der Waals surface area contributed by atoms with Crippen molar-refractivity contribution in [3.8, 4) is 5.75 Å². The van der Waals surface area contributed by atoms with Crippen molar-refractivity contribution in [2.45, 2.75) is 28.9 Å². The van der Waals surface area contributed by atoms with E-state index < -0.39 is 21.5 Å². The minimum absolute atomic E-state index is 0.0455. The van der Waals surface area contributed by atoms with Crippen molar-refractivity contribution in [3.63, 3.8) is 0 Å². The van der Waals surface area contributed by atoms with E-state index in [2.05, 4.69) is 5.32 Å². The van der Waals surface area contributed by atoms with Crippen LogP contribution in [0, 0.1) is 0 Å². The Hall–Kier alpha value is -1.44. The highest BCUT2D eigenvalue weighted by atomic mass is 32.2. The first-order valence-corrected chi connectivity index (χ1v) is 7.96. The summed E-state index contributed by atoms with van der Waals surface area (Å²) in [6.45, 7) is 1.42. The molecule has 0 aromatic heterocycles. The van der Waals surface area contributed by atoms with Crippen LogP contribution in [0.1, 0.15) is 19.3 Å². The van der Waals surface area contributed by atoms with Gasteiger partial charge in [0.1, 0.15) is 5.75 Å². The Morgan fingerprint density at radius 2 is 2.00 bits per heavy atom. The lowest BCUT2D eigenvalue weighted by molar-refractivity contribution is -0.130. The number of nitrogens with one attached hydrogen (secondary N) is 2. The fourth-order valence-corrected chi connectivity index (χ4v) is 4.31. The van der Waals surface area contributed by atoms with Crippen molar-refractivity contribution in [2.24, 2.45) is 0 Å². The van der Waals surface area contributed by atoms with E-state index >= 15 is 0 Å². The summed E-state index contributed by atoms with van der Waals surface area (Å²) >= 11 is 0. The summed E-state index contributed by atoms with van der Waals surface area (Å²) in [6.07, 6.45) is 1.29. The summed E-state index contributed by atoms with van der Waals surface area (Å²) < 4.78 is 17.4. The summed E-state index contributed by atoms with van der Waals surface area (Å²) in [7, 11) is 0.247. The molecule has 0 saturated carbocycles. The lowest BCUT2D eigenvalue weighted by Gasteiger charge is -2.36. The van der Waals surface area contributed by atoms with E-state index in [0.717, 1.165) is 0 Å². The van der Waals surface area contributed by atoms with Gasteiger partial charge in [-0.1, -0.05) is 0 Å². The second-order valence-electron chi connectivity index (χ2n) is 5.09. The van der Waals surface area contributed by atoms with Gasteiger partial charge in [0, 0.05) is 11.3 Å². The molecule has 1 amide bonds. The quantitative estimate of drug-likeness (QED) is 0.553. The number of methoxy groups -OCH3 is 1. The second kappa shape index (κ2) is 7.02. The SMILES string of the molecule is COc1ccc(S(=O)C2(CC(=O)NO)CCNCC2)cc1. The van der Waals surface area contributed by atoms with Gasteiger partial charge in [0.2, 0.25) is 5.91 Å². The van der Waals surface area contributed by atoms with Gasteiger partial charge in [-0.05, 0) is 50.2 Å². The molecule has 1 saturated heterocycles. The summed E-state index contributed by atoms with van der Waals surface area (Å²) in [5.41, 5.74) is 1.65. The highest BCUT2D eigenvalue weighted by molar-refractivity contribution is 7.86. The third-order valence-electron chi connectivity index (χ3n) is 3.79. The van der Waals surface area contributed by atoms with Crippen LogP contribution in [0.25, 0.3) is 0 Å². The Morgan fingerprint density at radius 1 is 1.38 bits per heavy atom. The zero-order valence-electron chi connectivity index (χ0n) is 11.9. The number of carbonyl (C=O) groups is 1. The number of amides is 1. The molecule has 6 nitrogen and oxygen atoms in total. The van der Waals surface area contributed by atoms with Gasteiger partial charge >= 0.3 is 0 Å². The third-order valence-corrected chi connectivity index (χ3v) is 5.83. The number of piperidine rings is 1. The summed E-state index contributed by atoms with van der Waals surface area (Å²) in [6, 6.07) is 7.04. The summed E-state index contributed by atoms with van der Waals surface area (Å²) in [5, 5.41) is 12.0. The summed E-state index contributed by atoms with van der Waals surface area (Å²) in [4.78, 5) is 12.3. The van der Waals surface area contributed by atoms with Gasteiger partial charge in [-0.3, -0.25) is 14.2 Å². The van der Waals surface area contributed by atoms with Crippen LogP contribution in [0.5, 0.6) is 5.75 Å². The predicted octanol–water partition coefficient (Wildman–Crippen LogP) is 0.820. The Kier molecular flexibility index (Phi) is 5.33. The van der Waals surface area contributed by atoms with Gasteiger partial charge in [0.05, 0.1) is 22.7 Å².